The quantitative estimate of drug-likeness (QED) is 0.941. The summed E-state index contributed by atoms with van der Waals surface area (Å²) in [6, 6.07) is 4.60. The van der Waals surface area contributed by atoms with E-state index in [-0.39, 0.29) is 11.9 Å². The van der Waals surface area contributed by atoms with Gasteiger partial charge in [0.05, 0.1) is 11.8 Å². The number of aliphatic hydroxyl groups excluding tert-OH is 1. The molecule has 1 aliphatic rings. The fourth-order valence-electron chi connectivity index (χ4n) is 3.04. The number of hydrogen-bond donors (Lipinski definition) is 1. The fraction of sp³-hybridized carbons (Fsp3) is 0.562. The van der Waals surface area contributed by atoms with Gasteiger partial charge in [0.1, 0.15) is 5.82 Å². The number of β-amino-alcohol motifs (C(OH)–C–C–N with tert-alkyl or cyclic N) is 1. The van der Waals surface area contributed by atoms with Crippen molar-refractivity contribution in [2.45, 2.75) is 38.2 Å². The maximum atomic E-state index is 13.2. The van der Waals surface area contributed by atoms with E-state index < -0.39 is 0 Å². The van der Waals surface area contributed by atoms with E-state index in [1.807, 2.05) is 6.92 Å². The second kappa shape index (κ2) is 6.12. The number of halogens is 1. The molecule has 1 aromatic carbocycles. The second-order valence-corrected chi connectivity index (χ2v) is 5.85. The van der Waals surface area contributed by atoms with Crippen molar-refractivity contribution in [3.63, 3.8) is 0 Å². The van der Waals surface area contributed by atoms with Gasteiger partial charge >= 0.3 is 0 Å². The van der Waals surface area contributed by atoms with E-state index in [1.165, 1.54) is 12.1 Å². The lowest BCUT2D eigenvalue weighted by molar-refractivity contribution is 0.0939. The van der Waals surface area contributed by atoms with Crippen LogP contribution in [0, 0.1) is 5.82 Å². The summed E-state index contributed by atoms with van der Waals surface area (Å²) in [4.78, 5) is 2.30. The molecule has 21 heavy (non-hydrogen) atoms. The van der Waals surface area contributed by atoms with Crippen LogP contribution >= 0.6 is 0 Å². The molecule has 0 spiro atoms. The van der Waals surface area contributed by atoms with Crippen molar-refractivity contribution in [3.05, 3.63) is 29.7 Å². The highest BCUT2D eigenvalue weighted by Crippen LogP contribution is 2.32. The lowest BCUT2D eigenvalue weighted by Gasteiger charge is -2.32. The molecule has 1 aromatic heterocycles. The molecule has 2 aromatic rings. The molecular formula is C16H21FN2O2. The number of rotatable bonds is 4. The van der Waals surface area contributed by atoms with Gasteiger partial charge in [0.15, 0.2) is 5.58 Å². The molecule has 2 heterocycles. The van der Waals surface area contributed by atoms with Gasteiger partial charge in [-0.3, -0.25) is 0 Å². The zero-order valence-electron chi connectivity index (χ0n) is 12.3. The van der Waals surface area contributed by atoms with Gasteiger partial charge in [0, 0.05) is 23.9 Å². The Kier molecular flexibility index (Phi) is 4.22. The third-order valence-corrected chi connectivity index (χ3v) is 4.38. The minimum absolute atomic E-state index is 0.239. The molecule has 114 valence electrons. The van der Waals surface area contributed by atoms with E-state index in [1.54, 1.807) is 6.07 Å². The van der Waals surface area contributed by atoms with Crippen molar-refractivity contribution in [1.29, 1.82) is 0 Å². The molecule has 5 heteroatoms. The van der Waals surface area contributed by atoms with Gasteiger partial charge in [-0.1, -0.05) is 12.1 Å². The highest BCUT2D eigenvalue weighted by Gasteiger charge is 2.25. The van der Waals surface area contributed by atoms with Crippen LogP contribution in [0.1, 0.15) is 37.8 Å². The standard InChI is InChI=1S/C16H21FN2O2/c1-2-13(20)10-19-7-5-11(6-8-19)16-14-4-3-12(17)9-15(14)21-18-16/h3-4,9,11,13,20H,2,5-8,10H2,1H3. The summed E-state index contributed by atoms with van der Waals surface area (Å²) in [5.74, 6) is 0.0558. The maximum absolute atomic E-state index is 13.2. The smallest absolute Gasteiger partial charge is 0.170 e. The van der Waals surface area contributed by atoms with Gasteiger partial charge in [-0.05, 0) is 44.5 Å². The molecule has 1 saturated heterocycles. The van der Waals surface area contributed by atoms with Crippen LogP contribution in [-0.2, 0) is 0 Å². The van der Waals surface area contributed by atoms with E-state index >= 15 is 0 Å². The first-order valence-corrected chi connectivity index (χ1v) is 7.62. The monoisotopic (exact) mass is 292 g/mol. The summed E-state index contributed by atoms with van der Waals surface area (Å²) in [7, 11) is 0. The molecular weight excluding hydrogens is 271 g/mol. The van der Waals surface area contributed by atoms with Crippen molar-refractivity contribution in [3.8, 4) is 0 Å². The lowest BCUT2D eigenvalue weighted by Crippen LogP contribution is -2.38. The largest absolute Gasteiger partial charge is 0.392 e. The van der Waals surface area contributed by atoms with Crippen LogP contribution in [0.2, 0.25) is 0 Å². The van der Waals surface area contributed by atoms with E-state index in [4.69, 9.17) is 4.52 Å². The zero-order valence-corrected chi connectivity index (χ0v) is 12.3. The topological polar surface area (TPSA) is 49.5 Å². The molecule has 1 fully saturated rings. The molecule has 1 N–H and O–H groups in total. The van der Waals surface area contributed by atoms with Crippen molar-refractivity contribution in [1.82, 2.24) is 10.1 Å². The van der Waals surface area contributed by atoms with Crippen LogP contribution in [-0.4, -0.2) is 40.9 Å². The van der Waals surface area contributed by atoms with Crippen LogP contribution in [0.25, 0.3) is 11.0 Å². The Morgan fingerprint density at radius 1 is 1.43 bits per heavy atom. The normalized spacial score (nSPS) is 19.2. The summed E-state index contributed by atoms with van der Waals surface area (Å²) in [5.41, 5.74) is 1.47. The Morgan fingerprint density at radius 3 is 2.90 bits per heavy atom. The Labute approximate surface area is 123 Å². The predicted molar refractivity (Wildman–Crippen MR) is 78.7 cm³/mol. The summed E-state index contributed by atoms with van der Waals surface area (Å²) >= 11 is 0. The molecule has 0 radical (unpaired) electrons. The summed E-state index contributed by atoms with van der Waals surface area (Å²) in [6.45, 7) is 4.65. The molecule has 0 saturated carbocycles. The summed E-state index contributed by atoms with van der Waals surface area (Å²) in [6.07, 6.45) is 2.54. The van der Waals surface area contributed by atoms with Crippen molar-refractivity contribution in [2.24, 2.45) is 0 Å². The van der Waals surface area contributed by atoms with Gasteiger partial charge in [-0.25, -0.2) is 4.39 Å². The highest BCUT2D eigenvalue weighted by molar-refractivity contribution is 5.79. The average molecular weight is 292 g/mol. The van der Waals surface area contributed by atoms with Crippen molar-refractivity contribution in [2.75, 3.05) is 19.6 Å². The SMILES string of the molecule is CCC(O)CN1CCC(c2noc3cc(F)ccc23)CC1. The van der Waals surface area contributed by atoms with Gasteiger partial charge < -0.3 is 14.5 Å². The molecule has 0 aliphatic carbocycles. The average Bonchev–Trinajstić information content (AvgIpc) is 2.90. The Balaban J connectivity index is 1.68. The fourth-order valence-corrected chi connectivity index (χ4v) is 3.04. The third-order valence-electron chi connectivity index (χ3n) is 4.38. The van der Waals surface area contributed by atoms with Crippen molar-refractivity contribution >= 4 is 11.0 Å². The molecule has 0 bridgehead atoms. The van der Waals surface area contributed by atoms with E-state index in [9.17, 15) is 9.50 Å². The maximum Gasteiger partial charge on any atom is 0.170 e. The highest BCUT2D eigenvalue weighted by atomic mass is 19.1. The van der Waals surface area contributed by atoms with Crippen LogP contribution in [0.5, 0.6) is 0 Å². The second-order valence-electron chi connectivity index (χ2n) is 5.85. The van der Waals surface area contributed by atoms with Crippen LogP contribution in [0.4, 0.5) is 4.39 Å². The Bertz CT molecular complexity index is 605. The van der Waals surface area contributed by atoms with Crippen molar-refractivity contribution < 1.29 is 14.0 Å². The Morgan fingerprint density at radius 2 is 2.19 bits per heavy atom. The molecule has 0 amide bonds. The number of nitrogens with zero attached hydrogens (tertiary/aromatic N) is 2. The first-order chi connectivity index (χ1) is 10.2. The predicted octanol–water partition coefficient (Wildman–Crippen LogP) is 2.92. The molecule has 1 unspecified atom stereocenters. The lowest BCUT2D eigenvalue weighted by atomic mass is 9.91. The number of likely N-dealkylation sites (tertiary alicyclic amines) is 1. The number of aromatic nitrogens is 1. The molecule has 3 rings (SSSR count). The minimum Gasteiger partial charge on any atom is -0.392 e. The van der Waals surface area contributed by atoms with Gasteiger partial charge in [0.25, 0.3) is 0 Å². The first-order valence-electron chi connectivity index (χ1n) is 7.62. The minimum atomic E-state index is -0.298. The van der Waals surface area contributed by atoms with Gasteiger partial charge in [-0.15, -0.1) is 0 Å². The van der Waals surface area contributed by atoms with Crippen LogP contribution in [0.15, 0.2) is 22.7 Å². The number of hydrogen-bond acceptors (Lipinski definition) is 4. The molecule has 1 aliphatic heterocycles. The number of piperidine rings is 1. The Hall–Kier alpha value is -1.46. The zero-order chi connectivity index (χ0) is 14.8. The molecule has 1 atom stereocenters. The first kappa shape index (κ1) is 14.5. The van der Waals surface area contributed by atoms with E-state index in [0.29, 0.717) is 11.5 Å². The molecule has 4 nitrogen and oxygen atoms in total. The summed E-state index contributed by atoms with van der Waals surface area (Å²) in [5, 5.41) is 14.8. The van der Waals surface area contributed by atoms with Crippen LogP contribution < -0.4 is 0 Å². The number of benzene rings is 1. The summed E-state index contributed by atoms with van der Waals surface area (Å²) < 4.78 is 18.4. The number of aliphatic hydroxyl groups is 1. The van der Waals surface area contributed by atoms with E-state index in [2.05, 4.69) is 10.1 Å². The van der Waals surface area contributed by atoms with E-state index in [0.717, 1.165) is 50.0 Å². The number of fused-ring (bicyclic) bond motifs is 1. The van der Waals surface area contributed by atoms with Crippen LogP contribution in [0.3, 0.4) is 0 Å². The third kappa shape index (κ3) is 3.09. The van der Waals surface area contributed by atoms with Gasteiger partial charge in [-0.2, -0.15) is 0 Å². The van der Waals surface area contributed by atoms with Gasteiger partial charge in [0.2, 0.25) is 0 Å².